The fourth-order valence-corrected chi connectivity index (χ4v) is 3.15. The van der Waals surface area contributed by atoms with Crippen LogP contribution in [0.15, 0.2) is 36.5 Å². The Bertz CT molecular complexity index is 807. The van der Waals surface area contributed by atoms with Crippen LogP contribution >= 0.6 is 11.6 Å². The van der Waals surface area contributed by atoms with Gasteiger partial charge in [0.2, 0.25) is 11.8 Å². The number of aryl methyl sites for hydroxylation is 1. The maximum absolute atomic E-state index is 13.3. The van der Waals surface area contributed by atoms with Crippen LogP contribution in [0.3, 0.4) is 0 Å². The average molecular weight is 362 g/mol. The summed E-state index contributed by atoms with van der Waals surface area (Å²) in [5.74, 6) is -1.80. The van der Waals surface area contributed by atoms with Crippen LogP contribution in [0.2, 0.25) is 5.02 Å². The number of nitrogens with one attached hydrogen (secondary N) is 1. The molecule has 1 aliphatic rings. The van der Waals surface area contributed by atoms with Gasteiger partial charge < -0.3 is 10.2 Å². The second kappa shape index (κ2) is 7.19. The van der Waals surface area contributed by atoms with E-state index in [4.69, 9.17) is 11.6 Å². The molecule has 7 heteroatoms. The lowest BCUT2D eigenvalue weighted by molar-refractivity contribution is -0.132. The molecule has 2 aromatic rings. The maximum atomic E-state index is 13.3. The molecular weight excluding hydrogens is 345 g/mol. The van der Waals surface area contributed by atoms with E-state index in [1.165, 1.54) is 12.1 Å². The van der Waals surface area contributed by atoms with E-state index in [1.807, 2.05) is 13.0 Å². The Kier molecular flexibility index (Phi) is 4.99. The van der Waals surface area contributed by atoms with Crippen molar-refractivity contribution >= 4 is 29.1 Å². The fraction of sp³-hybridized carbons (Fsp3) is 0.278. The van der Waals surface area contributed by atoms with Crippen LogP contribution in [-0.2, 0) is 16.1 Å². The first-order chi connectivity index (χ1) is 11.9. The van der Waals surface area contributed by atoms with Crippen molar-refractivity contribution in [3.8, 4) is 0 Å². The van der Waals surface area contributed by atoms with Crippen molar-refractivity contribution < 1.29 is 14.0 Å². The van der Waals surface area contributed by atoms with Crippen molar-refractivity contribution in [1.29, 1.82) is 0 Å². The Morgan fingerprint density at radius 3 is 2.92 bits per heavy atom. The van der Waals surface area contributed by atoms with E-state index in [0.717, 1.165) is 11.4 Å². The van der Waals surface area contributed by atoms with Gasteiger partial charge in [-0.1, -0.05) is 11.6 Å². The number of pyridine rings is 1. The van der Waals surface area contributed by atoms with E-state index in [2.05, 4.69) is 10.3 Å². The molecule has 0 radical (unpaired) electrons. The number of anilines is 1. The van der Waals surface area contributed by atoms with E-state index in [1.54, 1.807) is 23.2 Å². The van der Waals surface area contributed by atoms with Crippen molar-refractivity contribution in [1.82, 2.24) is 10.3 Å². The summed E-state index contributed by atoms with van der Waals surface area (Å²) < 4.78 is 13.3. The second-order valence-electron chi connectivity index (χ2n) is 5.98. The van der Waals surface area contributed by atoms with Gasteiger partial charge in [-0.25, -0.2) is 4.39 Å². The molecular formula is C18H17ClFN3O2. The van der Waals surface area contributed by atoms with Crippen molar-refractivity contribution in [2.45, 2.75) is 19.9 Å². The Morgan fingerprint density at radius 1 is 1.40 bits per heavy atom. The van der Waals surface area contributed by atoms with E-state index in [-0.39, 0.29) is 23.4 Å². The van der Waals surface area contributed by atoms with Gasteiger partial charge in [0.25, 0.3) is 0 Å². The third kappa shape index (κ3) is 3.96. The summed E-state index contributed by atoms with van der Waals surface area (Å²) in [5.41, 5.74) is 2.09. The number of carbonyl (C=O) groups is 2. The van der Waals surface area contributed by atoms with Crippen LogP contribution in [0.4, 0.5) is 10.1 Å². The fourth-order valence-electron chi connectivity index (χ4n) is 2.90. The molecule has 0 aliphatic carbocycles. The number of hydrogen-bond acceptors (Lipinski definition) is 3. The van der Waals surface area contributed by atoms with E-state index >= 15 is 0 Å². The highest BCUT2D eigenvalue weighted by molar-refractivity contribution is 6.30. The first kappa shape index (κ1) is 17.4. The van der Waals surface area contributed by atoms with Crippen molar-refractivity contribution in [2.75, 3.05) is 11.4 Å². The third-order valence-corrected chi connectivity index (χ3v) is 4.32. The van der Waals surface area contributed by atoms with Gasteiger partial charge in [-0.05, 0) is 49.2 Å². The second-order valence-corrected chi connectivity index (χ2v) is 6.42. The molecule has 1 unspecified atom stereocenters. The van der Waals surface area contributed by atoms with Crippen LogP contribution < -0.4 is 10.2 Å². The van der Waals surface area contributed by atoms with Crippen LogP contribution in [0.25, 0.3) is 0 Å². The lowest BCUT2D eigenvalue weighted by atomic mass is 10.1. The lowest BCUT2D eigenvalue weighted by Gasteiger charge is -2.17. The molecule has 2 heterocycles. The van der Waals surface area contributed by atoms with Gasteiger partial charge in [-0.2, -0.15) is 0 Å². The molecule has 25 heavy (non-hydrogen) atoms. The lowest BCUT2D eigenvalue weighted by Crippen LogP contribution is -2.36. The smallest absolute Gasteiger partial charge is 0.239 e. The highest BCUT2D eigenvalue weighted by Crippen LogP contribution is 2.25. The van der Waals surface area contributed by atoms with Gasteiger partial charge >= 0.3 is 0 Å². The van der Waals surface area contributed by atoms with Gasteiger partial charge in [-0.3, -0.25) is 14.6 Å². The molecule has 1 fully saturated rings. The molecule has 1 saturated heterocycles. The standard InChI is InChI=1S/C18H17ClFN3O2/c1-11-6-15(2-4-21-11)23-5-3-16(18(23)25)17(24)22-10-12-7-13(19)9-14(20)8-12/h2,4,6-9,16H,3,5,10H2,1H3,(H,22,24). The molecule has 1 aliphatic heterocycles. The van der Waals surface area contributed by atoms with E-state index < -0.39 is 11.7 Å². The van der Waals surface area contributed by atoms with Crippen LogP contribution in [0.1, 0.15) is 17.7 Å². The Hall–Kier alpha value is -2.47. The zero-order chi connectivity index (χ0) is 18.0. The van der Waals surface area contributed by atoms with Crippen LogP contribution in [-0.4, -0.2) is 23.3 Å². The van der Waals surface area contributed by atoms with Gasteiger partial charge in [0.15, 0.2) is 0 Å². The van der Waals surface area contributed by atoms with Gasteiger partial charge in [0.05, 0.1) is 0 Å². The minimum absolute atomic E-state index is 0.120. The van der Waals surface area contributed by atoms with Crippen LogP contribution in [0, 0.1) is 18.7 Å². The van der Waals surface area contributed by atoms with Gasteiger partial charge in [-0.15, -0.1) is 0 Å². The highest BCUT2D eigenvalue weighted by Gasteiger charge is 2.37. The summed E-state index contributed by atoms with van der Waals surface area (Å²) in [6.07, 6.45) is 2.08. The molecule has 0 bridgehead atoms. The summed E-state index contributed by atoms with van der Waals surface area (Å²) in [5, 5.41) is 2.95. The Morgan fingerprint density at radius 2 is 2.20 bits per heavy atom. The van der Waals surface area contributed by atoms with Gasteiger partial charge in [0, 0.05) is 35.7 Å². The van der Waals surface area contributed by atoms with E-state index in [0.29, 0.717) is 18.5 Å². The predicted molar refractivity (Wildman–Crippen MR) is 92.7 cm³/mol. The first-order valence-corrected chi connectivity index (χ1v) is 8.28. The third-order valence-electron chi connectivity index (χ3n) is 4.10. The first-order valence-electron chi connectivity index (χ1n) is 7.91. The number of hydrogen-bond donors (Lipinski definition) is 1. The molecule has 2 amide bonds. The monoisotopic (exact) mass is 361 g/mol. The number of aromatic nitrogens is 1. The van der Waals surface area contributed by atoms with Crippen molar-refractivity contribution in [3.63, 3.8) is 0 Å². The maximum Gasteiger partial charge on any atom is 0.239 e. The number of rotatable bonds is 4. The topological polar surface area (TPSA) is 62.3 Å². The minimum Gasteiger partial charge on any atom is -0.351 e. The zero-order valence-electron chi connectivity index (χ0n) is 13.6. The Balaban J connectivity index is 1.64. The molecule has 1 aromatic heterocycles. The normalized spacial score (nSPS) is 17.0. The summed E-state index contributed by atoms with van der Waals surface area (Å²) >= 11 is 5.80. The van der Waals surface area contributed by atoms with Crippen molar-refractivity contribution in [3.05, 3.63) is 58.6 Å². The Labute approximate surface area is 149 Å². The molecule has 130 valence electrons. The summed E-state index contributed by atoms with van der Waals surface area (Å²) in [6, 6.07) is 7.64. The molecule has 3 rings (SSSR count). The molecule has 0 saturated carbocycles. The molecule has 0 spiro atoms. The van der Waals surface area contributed by atoms with Gasteiger partial charge in [0.1, 0.15) is 11.7 Å². The predicted octanol–water partition coefficient (Wildman–Crippen LogP) is 2.85. The number of benzene rings is 1. The average Bonchev–Trinajstić information content (AvgIpc) is 2.93. The summed E-state index contributed by atoms with van der Waals surface area (Å²) in [6.45, 7) is 2.44. The number of nitrogens with zero attached hydrogens (tertiary/aromatic N) is 2. The van der Waals surface area contributed by atoms with Crippen molar-refractivity contribution in [2.24, 2.45) is 5.92 Å². The summed E-state index contributed by atoms with van der Waals surface area (Å²) in [7, 11) is 0. The largest absolute Gasteiger partial charge is 0.351 e. The number of halogens is 2. The molecule has 5 nitrogen and oxygen atoms in total. The molecule has 1 aromatic carbocycles. The number of amides is 2. The molecule has 1 atom stereocenters. The minimum atomic E-state index is -0.738. The highest BCUT2D eigenvalue weighted by atomic mass is 35.5. The zero-order valence-corrected chi connectivity index (χ0v) is 14.4. The molecule has 1 N–H and O–H groups in total. The SMILES string of the molecule is Cc1cc(N2CCC(C(=O)NCc3cc(F)cc(Cl)c3)C2=O)ccn1. The van der Waals surface area contributed by atoms with Crippen LogP contribution in [0.5, 0.6) is 0 Å². The number of carbonyl (C=O) groups excluding carboxylic acids is 2. The van der Waals surface area contributed by atoms with E-state index in [9.17, 15) is 14.0 Å². The summed E-state index contributed by atoms with van der Waals surface area (Å²) in [4.78, 5) is 30.6. The quantitative estimate of drug-likeness (QED) is 0.852.